The molecular weight excluding hydrogens is 276 g/mol. The molecule has 110 valence electrons. The molecule has 20 heavy (non-hydrogen) atoms. The van der Waals surface area contributed by atoms with Gasteiger partial charge in [-0.2, -0.15) is 0 Å². The van der Waals surface area contributed by atoms with Gasteiger partial charge < -0.3 is 21.3 Å². The van der Waals surface area contributed by atoms with Crippen LogP contribution in [0.1, 0.15) is 33.9 Å². The third-order valence-electron chi connectivity index (χ3n) is 3.58. The predicted octanol–water partition coefficient (Wildman–Crippen LogP) is 0.772. The first kappa shape index (κ1) is 14.8. The van der Waals surface area contributed by atoms with Gasteiger partial charge >= 0.3 is 0 Å². The van der Waals surface area contributed by atoms with Crippen molar-refractivity contribution < 1.29 is 9.59 Å². The third-order valence-corrected chi connectivity index (χ3v) is 4.93. The van der Waals surface area contributed by atoms with Crippen molar-refractivity contribution in [1.82, 2.24) is 4.90 Å². The third kappa shape index (κ3) is 2.51. The Morgan fingerprint density at radius 1 is 1.35 bits per heavy atom. The molecule has 2 rings (SSSR count). The first-order chi connectivity index (χ1) is 9.32. The minimum atomic E-state index is -0.577. The fourth-order valence-electron chi connectivity index (χ4n) is 2.57. The molecule has 7 heteroatoms. The molecule has 1 amide bonds. The lowest BCUT2D eigenvalue weighted by atomic mass is 10.1. The maximum atomic E-state index is 11.7. The highest BCUT2D eigenvalue weighted by atomic mass is 32.1. The normalized spacial score (nSPS) is 20.1. The summed E-state index contributed by atoms with van der Waals surface area (Å²) in [5.74, 6) is -0.713. The van der Waals surface area contributed by atoms with E-state index in [1.54, 1.807) is 0 Å². The van der Waals surface area contributed by atoms with Crippen LogP contribution in [0, 0.1) is 0 Å². The van der Waals surface area contributed by atoms with Crippen molar-refractivity contribution in [2.75, 3.05) is 37.3 Å². The highest BCUT2D eigenvalue weighted by Crippen LogP contribution is 2.39. The summed E-state index contributed by atoms with van der Waals surface area (Å²) in [6.45, 7) is 6.12. The van der Waals surface area contributed by atoms with E-state index in [4.69, 9.17) is 11.5 Å². The lowest BCUT2D eigenvalue weighted by Crippen LogP contribution is -2.50. The predicted molar refractivity (Wildman–Crippen MR) is 81.6 cm³/mol. The van der Waals surface area contributed by atoms with Gasteiger partial charge in [0.25, 0.3) is 5.91 Å². The topological polar surface area (TPSA) is 92.7 Å². The van der Waals surface area contributed by atoms with Crippen LogP contribution < -0.4 is 16.4 Å². The molecular formula is C13H20N4O2S. The molecule has 0 radical (unpaired) electrons. The fourth-order valence-corrected chi connectivity index (χ4v) is 3.82. The first-order valence-electron chi connectivity index (χ1n) is 6.51. The number of Topliss-reactive ketones (excluding diaryl/α,β-unsaturated/α-hetero) is 1. The van der Waals surface area contributed by atoms with Crippen LogP contribution in [0.4, 0.5) is 10.7 Å². The van der Waals surface area contributed by atoms with E-state index < -0.39 is 5.91 Å². The molecule has 2 heterocycles. The number of nitrogens with two attached hydrogens (primary N) is 2. The number of carbonyl (C=O) groups is 2. The van der Waals surface area contributed by atoms with Crippen molar-refractivity contribution in [2.45, 2.75) is 19.9 Å². The van der Waals surface area contributed by atoms with Crippen molar-refractivity contribution in [1.29, 1.82) is 0 Å². The van der Waals surface area contributed by atoms with Gasteiger partial charge in [-0.1, -0.05) is 0 Å². The fraction of sp³-hybridized carbons (Fsp3) is 0.538. The van der Waals surface area contributed by atoms with Gasteiger partial charge in [0, 0.05) is 32.6 Å². The maximum absolute atomic E-state index is 11.7. The molecule has 6 nitrogen and oxygen atoms in total. The van der Waals surface area contributed by atoms with Gasteiger partial charge in [0.15, 0.2) is 5.78 Å². The number of primary amides is 1. The molecule has 0 spiro atoms. The van der Waals surface area contributed by atoms with Crippen LogP contribution in [0.15, 0.2) is 0 Å². The highest BCUT2D eigenvalue weighted by molar-refractivity contribution is 7.19. The Morgan fingerprint density at radius 2 is 2.00 bits per heavy atom. The monoisotopic (exact) mass is 296 g/mol. The molecule has 0 aromatic carbocycles. The number of piperazine rings is 1. The summed E-state index contributed by atoms with van der Waals surface area (Å²) in [5.41, 5.74) is 11.9. The quantitative estimate of drug-likeness (QED) is 0.804. The van der Waals surface area contributed by atoms with E-state index in [-0.39, 0.29) is 23.1 Å². The van der Waals surface area contributed by atoms with Crippen LogP contribution >= 0.6 is 11.3 Å². The number of likely N-dealkylation sites (N-methyl/N-ethyl adjacent to an activating group) is 1. The van der Waals surface area contributed by atoms with Crippen molar-refractivity contribution in [2.24, 2.45) is 5.73 Å². The Morgan fingerprint density at radius 3 is 2.50 bits per heavy atom. The summed E-state index contributed by atoms with van der Waals surface area (Å²) >= 11 is 1.27. The maximum Gasteiger partial charge on any atom is 0.253 e. The molecule has 1 saturated heterocycles. The van der Waals surface area contributed by atoms with Gasteiger partial charge in [0.1, 0.15) is 5.00 Å². The van der Waals surface area contributed by atoms with Crippen LogP contribution in [0.3, 0.4) is 0 Å². The van der Waals surface area contributed by atoms with E-state index in [2.05, 4.69) is 23.8 Å². The minimum absolute atomic E-state index is 0.136. The molecule has 4 N–H and O–H groups in total. The van der Waals surface area contributed by atoms with Crippen LogP contribution in [0.25, 0.3) is 0 Å². The molecule has 1 fully saturated rings. The second kappa shape index (κ2) is 5.41. The smallest absolute Gasteiger partial charge is 0.253 e. The molecule has 1 aliphatic rings. The Kier molecular flexibility index (Phi) is 4.01. The van der Waals surface area contributed by atoms with E-state index in [0.29, 0.717) is 4.88 Å². The average molecular weight is 296 g/mol. The van der Waals surface area contributed by atoms with Crippen molar-refractivity contribution in [3.63, 3.8) is 0 Å². The number of thiophene rings is 1. The zero-order valence-electron chi connectivity index (χ0n) is 12.0. The van der Waals surface area contributed by atoms with E-state index in [9.17, 15) is 9.59 Å². The molecule has 1 aromatic rings. The Hall–Kier alpha value is -1.60. The lowest BCUT2D eigenvalue weighted by Gasteiger charge is -2.39. The standard InChI is InChI=1S/C13H20N4O2S/c1-7-6-16(3)4-5-17(7)13-9(12(15)19)10(14)11(20-13)8(2)18/h7H,4-6,14H2,1-3H3,(H2,15,19). The van der Waals surface area contributed by atoms with Gasteiger partial charge in [-0.25, -0.2) is 0 Å². The van der Waals surface area contributed by atoms with Crippen molar-refractivity contribution >= 4 is 33.7 Å². The van der Waals surface area contributed by atoms with E-state index in [1.807, 2.05) is 0 Å². The summed E-state index contributed by atoms with van der Waals surface area (Å²) in [4.78, 5) is 28.1. The summed E-state index contributed by atoms with van der Waals surface area (Å²) in [7, 11) is 2.06. The Labute approximate surface area is 122 Å². The summed E-state index contributed by atoms with van der Waals surface area (Å²) in [5, 5.41) is 0.723. The second-order valence-electron chi connectivity index (χ2n) is 5.25. The van der Waals surface area contributed by atoms with Crippen molar-refractivity contribution in [3.05, 3.63) is 10.4 Å². The van der Waals surface area contributed by atoms with E-state index >= 15 is 0 Å². The van der Waals surface area contributed by atoms with Crippen molar-refractivity contribution in [3.8, 4) is 0 Å². The number of nitrogen functional groups attached to an aromatic ring is 1. The Balaban J connectivity index is 2.48. The highest BCUT2D eigenvalue weighted by Gasteiger charge is 2.30. The SMILES string of the molecule is CC(=O)c1sc(N2CCN(C)CC2C)c(C(N)=O)c1N. The van der Waals surface area contributed by atoms with Crippen LogP contribution in [-0.2, 0) is 0 Å². The van der Waals surface area contributed by atoms with E-state index in [1.165, 1.54) is 18.3 Å². The average Bonchev–Trinajstić information content (AvgIpc) is 2.66. The van der Waals surface area contributed by atoms with E-state index in [0.717, 1.165) is 24.6 Å². The first-order valence-corrected chi connectivity index (χ1v) is 7.32. The molecule has 0 bridgehead atoms. The number of anilines is 2. The molecule has 1 aliphatic heterocycles. The molecule has 0 aliphatic carbocycles. The number of amides is 1. The van der Waals surface area contributed by atoms with Gasteiger partial charge in [0.2, 0.25) is 0 Å². The molecule has 1 atom stereocenters. The van der Waals surface area contributed by atoms with Gasteiger partial charge in [-0.3, -0.25) is 9.59 Å². The zero-order valence-corrected chi connectivity index (χ0v) is 12.8. The number of ketones is 1. The summed E-state index contributed by atoms with van der Waals surface area (Å²) < 4.78 is 0. The van der Waals surface area contributed by atoms with Gasteiger partial charge in [-0.15, -0.1) is 11.3 Å². The number of carbonyl (C=O) groups excluding carboxylic acids is 2. The lowest BCUT2D eigenvalue weighted by molar-refractivity contribution is 0.100. The minimum Gasteiger partial charge on any atom is -0.397 e. The molecule has 1 unspecified atom stereocenters. The summed E-state index contributed by atoms with van der Waals surface area (Å²) in [6, 6.07) is 0.240. The van der Waals surface area contributed by atoms with Crippen LogP contribution in [0.2, 0.25) is 0 Å². The van der Waals surface area contributed by atoms with Gasteiger partial charge in [-0.05, 0) is 14.0 Å². The number of rotatable bonds is 3. The number of nitrogens with zero attached hydrogens (tertiary/aromatic N) is 2. The largest absolute Gasteiger partial charge is 0.397 e. The second-order valence-corrected chi connectivity index (χ2v) is 6.25. The zero-order chi connectivity index (χ0) is 15.0. The number of hydrogen-bond acceptors (Lipinski definition) is 6. The Bertz CT molecular complexity index is 555. The van der Waals surface area contributed by atoms with Crippen LogP contribution in [0.5, 0.6) is 0 Å². The summed E-state index contributed by atoms with van der Waals surface area (Å²) in [6.07, 6.45) is 0. The van der Waals surface area contributed by atoms with Crippen LogP contribution in [-0.4, -0.2) is 49.3 Å². The molecule has 1 aromatic heterocycles. The van der Waals surface area contributed by atoms with Gasteiger partial charge in [0.05, 0.1) is 16.1 Å². The number of hydrogen-bond donors (Lipinski definition) is 2. The molecule has 0 saturated carbocycles.